The average molecular weight is 231 g/mol. The second kappa shape index (κ2) is 2.71. The SMILES string of the molecule is CC1=CS(=O)(=O)CC1S(=O)(=O)Cl. The summed E-state index contributed by atoms with van der Waals surface area (Å²) in [4.78, 5) is 0. The molecule has 1 rings (SSSR count). The van der Waals surface area contributed by atoms with Crippen molar-refractivity contribution in [2.24, 2.45) is 0 Å². The van der Waals surface area contributed by atoms with Crippen LogP contribution < -0.4 is 0 Å². The van der Waals surface area contributed by atoms with Gasteiger partial charge in [0.2, 0.25) is 9.05 Å². The van der Waals surface area contributed by atoms with E-state index in [9.17, 15) is 16.8 Å². The molecule has 0 fully saturated rings. The molecule has 0 saturated heterocycles. The number of hydrogen-bond acceptors (Lipinski definition) is 4. The van der Waals surface area contributed by atoms with Crippen LogP contribution >= 0.6 is 10.7 Å². The Bertz CT molecular complexity index is 416. The summed E-state index contributed by atoms with van der Waals surface area (Å²) in [6.07, 6.45) is 0. The van der Waals surface area contributed by atoms with Crippen LogP contribution in [0.3, 0.4) is 0 Å². The van der Waals surface area contributed by atoms with E-state index in [4.69, 9.17) is 10.7 Å². The van der Waals surface area contributed by atoms with Crippen molar-refractivity contribution in [1.29, 1.82) is 0 Å². The van der Waals surface area contributed by atoms with Gasteiger partial charge in [-0.1, -0.05) is 0 Å². The van der Waals surface area contributed by atoms with Crippen molar-refractivity contribution in [3.63, 3.8) is 0 Å². The normalized spacial score (nSPS) is 28.5. The lowest BCUT2D eigenvalue weighted by Gasteiger charge is -2.03. The molecule has 1 unspecified atom stereocenters. The fraction of sp³-hybridized carbons (Fsp3) is 0.600. The topological polar surface area (TPSA) is 68.3 Å². The van der Waals surface area contributed by atoms with Crippen LogP contribution in [0.1, 0.15) is 6.92 Å². The van der Waals surface area contributed by atoms with E-state index in [1.54, 1.807) is 0 Å². The van der Waals surface area contributed by atoms with Crippen LogP contribution in [-0.4, -0.2) is 27.8 Å². The summed E-state index contributed by atoms with van der Waals surface area (Å²) in [5, 5.41) is -0.110. The van der Waals surface area contributed by atoms with Crippen LogP contribution in [0.2, 0.25) is 0 Å². The molecule has 0 amide bonds. The van der Waals surface area contributed by atoms with Gasteiger partial charge in [0.1, 0.15) is 5.25 Å². The number of hydrogen-bond donors (Lipinski definition) is 0. The zero-order valence-corrected chi connectivity index (χ0v) is 8.58. The molecule has 0 radical (unpaired) electrons. The Labute approximate surface area is 75.6 Å². The molecule has 7 heteroatoms. The van der Waals surface area contributed by atoms with Gasteiger partial charge in [0.15, 0.2) is 9.84 Å². The zero-order valence-electron chi connectivity index (χ0n) is 6.19. The molecular formula is C5H7ClO4S2. The summed E-state index contributed by atoms with van der Waals surface area (Å²) in [6.45, 7) is 1.44. The average Bonchev–Trinajstić information content (AvgIpc) is 2.03. The summed E-state index contributed by atoms with van der Waals surface area (Å²) in [6, 6.07) is 0. The number of rotatable bonds is 1. The lowest BCUT2D eigenvalue weighted by molar-refractivity contribution is 0.595. The predicted octanol–water partition coefficient (Wildman–Crippen LogP) is 0.256. The van der Waals surface area contributed by atoms with Crippen LogP contribution in [-0.2, 0) is 18.9 Å². The third-order valence-corrected chi connectivity index (χ3v) is 5.20. The van der Waals surface area contributed by atoms with Crippen LogP contribution in [0.4, 0.5) is 0 Å². The molecule has 0 saturated carbocycles. The Kier molecular flexibility index (Phi) is 2.26. The van der Waals surface area contributed by atoms with Crippen LogP contribution in [0.15, 0.2) is 11.0 Å². The Morgan fingerprint density at radius 1 is 1.58 bits per heavy atom. The molecule has 4 nitrogen and oxygen atoms in total. The van der Waals surface area contributed by atoms with Crippen molar-refractivity contribution in [3.8, 4) is 0 Å². The Balaban J connectivity index is 3.15. The fourth-order valence-corrected chi connectivity index (χ4v) is 5.27. The van der Waals surface area contributed by atoms with Gasteiger partial charge in [0, 0.05) is 16.1 Å². The molecule has 1 aliphatic rings. The Hall–Kier alpha value is -0.0700. The molecule has 0 aliphatic carbocycles. The maximum absolute atomic E-state index is 10.9. The first kappa shape index (κ1) is 10.0. The molecule has 12 heavy (non-hydrogen) atoms. The highest BCUT2D eigenvalue weighted by Gasteiger charge is 2.35. The van der Waals surface area contributed by atoms with Crippen molar-refractivity contribution in [1.82, 2.24) is 0 Å². The molecule has 1 heterocycles. The predicted molar refractivity (Wildman–Crippen MR) is 46.1 cm³/mol. The summed E-state index contributed by atoms with van der Waals surface area (Å²) in [7, 11) is -2.12. The molecular weight excluding hydrogens is 224 g/mol. The summed E-state index contributed by atoms with van der Waals surface area (Å²) < 4.78 is 43.4. The first-order valence-electron chi connectivity index (χ1n) is 3.07. The van der Waals surface area contributed by atoms with Crippen molar-refractivity contribution >= 4 is 29.6 Å². The minimum absolute atomic E-state index is 0.282. The van der Waals surface area contributed by atoms with Crippen LogP contribution in [0.25, 0.3) is 0 Å². The van der Waals surface area contributed by atoms with Crippen molar-refractivity contribution in [3.05, 3.63) is 11.0 Å². The van der Waals surface area contributed by atoms with Crippen molar-refractivity contribution in [2.75, 3.05) is 5.75 Å². The summed E-state index contributed by atoms with van der Waals surface area (Å²) in [5.74, 6) is -0.426. The lowest BCUT2D eigenvalue weighted by atomic mass is 10.3. The molecule has 70 valence electrons. The van der Waals surface area contributed by atoms with E-state index < -0.39 is 29.9 Å². The monoisotopic (exact) mass is 230 g/mol. The Morgan fingerprint density at radius 2 is 2.08 bits per heavy atom. The minimum atomic E-state index is -3.80. The van der Waals surface area contributed by atoms with E-state index >= 15 is 0 Å². The number of halogens is 1. The molecule has 0 aromatic heterocycles. The van der Waals surface area contributed by atoms with Gasteiger partial charge in [0.05, 0.1) is 5.75 Å². The number of sulfone groups is 1. The molecule has 0 spiro atoms. The molecule has 1 aliphatic heterocycles. The first-order chi connectivity index (χ1) is 5.22. The van der Waals surface area contributed by atoms with Gasteiger partial charge in [-0.05, 0) is 12.5 Å². The van der Waals surface area contributed by atoms with E-state index in [-0.39, 0.29) is 5.57 Å². The molecule has 0 aromatic carbocycles. The molecule has 0 aromatic rings. The summed E-state index contributed by atoms with van der Waals surface area (Å²) in [5.41, 5.74) is 0.282. The Morgan fingerprint density at radius 3 is 2.25 bits per heavy atom. The maximum Gasteiger partial charge on any atom is 0.240 e. The quantitative estimate of drug-likeness (QED) is 0.606. The maximum atomic E-state index is 10.9. The highest BCUT2D eigenvalue weighted by molar-refractivity contribution is 8.15. The van der Waals surface area contributed by atoms with Gasteiger partial charge in [-0.3, -0.25) is 0 Å². The van der Waals surface area contributed by atoms with Crippen LogP contribution in [0.5, 0.6) is 0 Å². The molecule has 1 atom stereocenters. The van der Waals surface area contributed by atoms with Gasteiger partial charge in [0.25, 0.3) is 0 Å². The van der Waals surface area contributed by atoms with Gasteiger partial charge < -0.3 is 0 Å². The smallest absolute Gasteiger partial charge is 0.224 e. The third-order valence-electron chi connectivity index (χ3n) is 1.60. The fourth-order valence-electron chi connectivity index (χ4n) is 1.05. The summed E-state index contributed by atoms with van der Waals surface area (Å²) >= 11 is 0. The lowest BCUT2D eigenvalue weighted by Crippen LogP contribution is -2.20. The third kappa shape index (κ3) is 1.99. The second-order valence-corrected chi connectivity index (χ2v) is 7.36. The highest BCUT2D eigenvalue weighted by Crippen LogP contribution is 2.25. The van der Waals surface area contributed by atoms with Gasteiger partial charge >= 0.3 is 0 Å². The van der Waals surface area contributed by atoms with Gasteiger partial charge in [-0.15, -0.1) is 0 Å². The standard InChI is InChI=1S/C5H7ClO4S2/c1-4-2-11(7,8)3-5(4)12(6,9)10/h2,5H,3H2,1H3. The second-order valence-electron chi connectivity index (χ2n) is 2.66. The van der Waals surface area contributed by atoms with Gasteiger partial charge in [-0.25, -0.2) is 16.8 Å². The highest BCUT2D eigenvalue weighted by atomic mass is 35.7. The van der Waals surface area contributed by atoms with E-state index in [1.807, 2.05) is 0 Å². The van der Waals surface area contributed by atoms with E-state index in [0.29, 0.717) is 0 Å². The van der Waals surface area contributed by atoms with E-state index in [0.717, 1.165) is 5.41 Å². The van der Waals surface area contributed by atoms with E-state index in [2.05, 4.69) is 0 Å². The zero-order chi connectivity index (χ0) is 9.57. The van der Waals surface area contributed by atoms with Crippen molar-refractivity contribution in [2.45, 2.75) is 12.2 Å². The molecule has 0 bridgehead atoms. The van der Waals surface area contributed by atoms with Crippen LogP contribution in [0, 0.1) is 0 Å². The van der Waals surface area contributed by atoms with E-state index in [1.165, 1.54) is 6.92 Å². The molecule has 0 N–H and O–H groups in total. The largest absolute Gasteiger partial charge is 0.240 e. The first-order valence-corrected chi connectivity index (χ1v) is 7.15. The van der Waals surface area contributed by atoms with Gasteiger partial charge in [-0.2, -0.15) is 0 Å². The van der Waals surface area contributed by atoms with Crippen molar-refractivity contribution < 1.29 is 16.8 Å². The minimum Gasteiger partial charge on any atom is -0.224 e.